The Morgan fingerprint density at radius 3 is 2.62 bits per heavy atom. The number of fused-ring (bicyclic) bond motifs is 1. The fraction of sp³-hybridized carbons (Fsp3) is 0.750. The summed E-state index contributed by atoms with van der Waals surface area (Å²) in [7, 11) is 4.00. The standard InChI is InChI=1S/C12H18ClN3/c1-14-11(9-4-7-3-8(7)5-9)12-10(13)6-15-16(12)2/h6-9,11,14H,3-5H2,1-2H3. The molecule has 0 aliphatic heterocycles. The monoisotopic (exact) mass is 239 g/mol. The third-order valence-electron chi connectivity index (χ3n) is 4.29. The number of aryl methyl sites for hydroxylation is 1. The van der Waals surface area contributed by atoms with Gasteiger partial charge in [-0.2, -0.15) is 5.10 Å². The smallest absolute Gasteiger partial charge is 0.0834 e. The van der Waals surface area contributed by atoms with Crippen LogP contribution >= 0.6 is 11.6 Å². The Morgan fingerprint density at radius 2 is 2.12 bits per heavy atom. The molecule has 0 spiro atoms. The Morgan fingerprint density at radius 1 is 1.44 bits per heavy atom. The minimum absolute atomic E-state index is 0.368. The molecule has 2 aliphatic carbocycles. The van der Waals surface area contributed by atoms with E-state index in [1.54, 1.807) is 6.20 Å². The number of nitrogens with zero attached hydrogens (tertiary/aromatic N) is 2. The first-order valence-corrected chi connectivity index (χ1v) is 6.43. The molecule has 0 bridgehead atoms. The fourth-order valence-corrected chi connectivity index (χ4v) is 3.68. The minimum atomic E-state index is 0.368. The molecule has 0 amide bonds. The van der Waals surface area contributed by atoms with Gasteiger partial charge < -0.3 is 5.32 Å². The molecule has 3 rings (SSSR count). The van der Waals surface area contributed by atoms with E-state index in [4.69, 9.17) is 11.6 Å². The maximum absolute atomic E-state index is 6.22. The van der Waals surface area contributed by atoms with E-state index in [0.29, 0.717) is 6.04 Å². The van der Waals surface area contributed by atoms with E-state index in [-0.39, 0.29) is 0 Å². The van der Waals surface area contributed by atoms with E-state index in [9.17, 15) is 0 Å². The summed E-state index contributed by atoms with van der Waals surface area (Å²) >= 11 is 6.22. The molecular weight excluding hydrogens is 222 g/mol. The Balaban J connectivity index is 1.85. The van der Waals surface area contributed by atoms with Crippen LogP contribution in [0.4, 0.5) is 0 Å². The Bertz CT molecular complexity index is 371. The van der Waals surface area contributed by atoms with Gasteiger partial charge in [-0.3, -0.25) is 4.68 Å². The molecule has 0 radical (unpaired) electrons. The number of hydrogen-bond donors (Lipinski definition) is 1. The second-order valence-electron chi connectivity index (χ2n) is 5.26. The molecule has 2 aliphatic rings. The van der Waals surface area contributed by atoms with E-state index in [1.165, 1.54) is 19.3 Å². The molecule has 16 heavy (non-hydrogen) atoms. The van der Waals surface area contributed by atoms with Crippen LogP contribution in [0.1, 0.15) is 31.0 Å². The maximum Gasteiger partial charge on any atom is 0.0834 e. The van der Waals surface area contributed by atoms with Gasteiger partial charge in [-0.05, 0) is 44.1 Å². The Hall–Kier alpha value is -0.540. The van der Waals surface area contributed by atoms with E-state index < -0.39 is 0 Å². The van der Waals surface area contributed by atoms with Crippen LogP contribution in [-0.2, 0) is 7.05 Å². The summed E-state index contributed by atoms with van der Waals surface area (Å²) in [6, 6.07) is 0.368. The molecule has 2 fully saturated rings. The van der Waals surface area contributed by atoms with Crippen LogP contribution < -0.4 is 5.32 Å². The third kappa shape index (κ3) is 1.57. The molecule has 1 aromatic rings. The van der Waals surface area contributed by atoms with E-state index in [0.717, 1.165) is 28.5 Å². The molecular formula is C12H18ClN3. The number of halogens is 1. The van der Waals surface area contributed by atoms with Gasteiger partial charge >= 0.3 is 0 Å². The lowest BCUT2D eigenvalue weighted by molar-refractivity contribution is 0.344. The lowest BCUT2D eigenvalue weighted by atomic mass is 9.92. The topological polar surface area (TPSA) is 29.9 Å². The molecule has 1 aromatic heterocycles. The van der Waals surface area contributed by atoms with Crippen LogP contribution in [0.5, 0.6) is 0 Å². The summed E-state index contributed by atoms with van der Waals surface area (Å²) < 4.78 is 1.91. The van der Waals surface area contributed by atoms with Crippen molar-refractivity contribution in [1.29, 1.82) is 0 Å². The summed E-state index contributed by atoms with van der Waals surface area (Å²) in [5, 5.41) is 8.45. The van der Waals surface area contributed by atoms with Gasteiger partial charge in [0.05, 0.1) is 23.0 Å². The lowest BCUT2D eigenvalue weighted by Crippen LogP contribution is -2.27. The van der Waals surface area contributed by atoms with E-state index in [2.05, 4.69) is 10.4 Å². The molecule has 0 saturated heterocycles. The van der Waals surface area contributed by atoms with Crippen LogP contribution in [0.25, 0.3) is 0 Å². The van der Waals surface area contributed by atoms with Gasteiger partial charge in [0.15, 0.2) is 0 Å². The van der Waals surface area contributed by atoms with Crippen molar-refractivity contribution in [2.24, 2.45) is 24.8 Å². The SMILES string of the molecule is CNC(c1c(Cl)cnn1C)C1CC2CC2C1. The van der Waals surface area contributed by atoms with Crippen LogP contribution in [-0.4, -0.2) is 16.8 Å². The number of rotatable bonds is 3. The summed E-state index contributed by atoms with van der Waals surface area (Å²) in [6.07, 6.45) is 5.93. The third-order valence-corrected chi connectivity index (χ3v) is 4.59. The van der Waals surface area contributed by atoms with Crippen molar-refractivity contribution < 1.29 is 0 Å². The van der Waals surface area contributed by atoms with Gasteiger partial charge in [-0.25, -0.2) is 0 Å². The van der Waals surface area contributed by atoms with Crippen LogP contribution in [0.3, 0.4) is 0 Å². The number of nitrogens with one attached hydrogen (secondary N) is 1. The zero-order chi connectivity index (χ0) is 11.3. The minimum Gasteiger partial charge on any atom is -0.311 e. The highest BCUT2D eigenvalue weighted by atomic mass is 35.5. The van der Waals surface area contributed by atoms with Gasteiger partial charge in [-0.1, -0.05) is 11.6 Å². The first-order valence-electron chi connectivity index (χ1n) is 6.05. The van der Waals surface area contributed by atoms with Crippen molar-refractivity contribution in [3.63, 3.8) is 0 Å². The zero-order valence-electron chi connectivity index (χ0n) is 9.78. The largest absolute Gasteiger partial charge is 0.311 e. The molecule has 3 unspecified atom stereocenters. The molecule has 1 heterocycles. The number of hydrogen-bond acceptors (Lipinski definition) is 2. The van der Waals surface area contributed by atoms with Crippen molar-refractivity contribution in [2.45, 2.75) is 25.3 Å². The van der Waals surface area contributed by atoms with Crippen molar-refractivity contribution in [2.75, 3.05) is 7.05 Å². The average molecular weight is 240 g/mol. The first-order chi connectivity index (χ1) is 7.70. The fourth-order valence-electron chi connectivity index (χ4n) is 3.40. The Labute approximate surface area is 101 Å². The molecule has 3 nitrogen and oxygen atoms in total. The van der Waals surface area contributed by atoms with E-state index in [1.807, 2.05) is 18.8 Å². The van der Waals surface area contributed by atoms with Gasteiger partial charge in [-0.15, -0.1) is 0 Å². The average Bonchev–Trinajstić information content (AvgIpc) is 2.75. The van der Waals surface area contributed by atoms with Crippen LogP contribution in [0, 0.1) is 17.8 Å². The van der Waals surface area contributed by atoms with Crippen LogP contribution in [0.2, 0.25) is 5.02 Å². The summed E-state index contributed by atoms with van der Waals surface area (Å²) in [6.45, 7) is 0. The molecule has 1 N–H and O–H groups in total. The normalized spacial score (nSPS) is 33.8. The highest BCUT2D eigenvalue weighted by molar-refractivity contribution is 6.31. The lowest BCUT2D eigenvalue weighted by Gasteiger charge is -2.25. The summed E-state index contributed by atoms with van der Waals surface area (Å²) in [5.74, 6) is 2.75. The van der Waals surface area contributed by atoms with Crippen molar-refractivity contribution in [3.05, 3.63) is 16.9 Å². The summed E-state index contributed by atoms with van der Waals surface area (Å²) in [4.78, 5) is 0. The van der Waals surface area contributed by atoms with E-state index >= 15 is 0 Å². The first kappa shape index (κ1) is 10.6. The maximum atomic E-state index is 6.22. The van der Waals surface area contributed by atoms with Crippen molar-refractivity contribution in [1.82, 2.24) is 15.1 Å². The van der Waals surface area contributed by atoms with Gasteiger partial charge in [0.2, 0.25) is 0 Å². The predicted molar refractivity (Wildman–Crippen MR) is 64.3 cm³/mol. The van der Waals surface area contributed by atoms with Crippen molar-refractivity contribution in [3.8, 4) is 0 Å². The second kappa shape index (κ2) is 3.74. The Kier molecular flexibility index (Phi) is 2.48. The van der Waals surface area contributed by atoms with Crippen LogP contribution in [0.15, 0.2) is 6.20 Å². The van der Waals surface area contributed by atoms with Crippen molar-refractivity contribution >= 4 is 11.6 Å². The second-order valence-corrected chi connectivity index (χ2v) is 5.66. The highest BCUT2D eigenvalue weighted by Crippen LogP contribution is 2.57. The molecule has 88 valence electrons. The molecule has 4 heteroatoms. The predicted octanol–water partition coefficient (Wildman–Crippen LogP) is 2.38. The van der Waals surface area contributed by atoms with Gasteiger partial charge in [0, 0.05) is 7.05 Å². The molecule has 0 aromatic carbocycles. The molecule has 2 saturated carbocycles. The quantitative estimate of drug-likeness (QED) is 0.878. The molecule has 3 atom stereocenters. The summed E-state index contributed by atoms with van der Waals surface area (Å²) in [5.41, 5.74) is 1.15. The van der Waals surface area contributed by atoms with Gasteiger partial charge in [0.1, 0.15) is 0 Å². The highest BCUT2D eigenvalue weighted by Gasteiger charge is 2.48. The zero-order valence-corrected chi connectivity index (χ0v) is 10.5. The number of aromatic nitrogens is 2. The van der Waals surface area contributed by atoms with Gasteiger partial charge in [0.25, 0.3) is 0 Å².